The Morgan fingerprint density at radius 3 is 2.51 bits per heavy atom. The van der Waals surface area contributed by atoms with E-state index >= 15 is 0 Å². The van der Waals surface area contributed by atoms with Crippen molar-refractivity contribution in [1.29, 1.82) is 0 Å². The quantitative estimate of drug-likeness (QED) is 0.633. The third kappa shape index (κ3) is 5.44. The lowest BCUT2D eigenvalue weighted by atomic mass is 9.99. The first kappa shape index (κ1) is 23.6. The van der Waals surface area contributed by atoms with E-state index in [0.717, 1.165) is 25.9 Å². The fraction of sp³-hybridized carbons (Fsp3) is 0.481. The Balaban J connectivity index is 1.27. The predicted molar refractivity (Wildman–Crippen MR) is 130 cm³/mol. The van der Waals surface area contributed by atoms with Crippen molar-refractivity contribution in [3.63, 3.8) is 0 Å². The monoisotopic (exact) mass is 479 g/mol. The van der Waals surface area contributed by atoms with Crippen molar-refractivity contribution < 1.29 is 24.2 Å². The molecular weight excluding hydrogens is 446 g/mol. The number of ether oxygens (including phenoxy) is 2. The van der Waals surface area contributed by atoms with Crippen LogP contribution in [0.1, 0.15) is 41.3 Å². The van der Waals surface area contributed by atoms with Crippen molar-refractivity contribution >= 4 is 11.8 Å². The lowest BCUT2D eigenvalue weighted by Gasteiger charge is -2.30. The first-order valence-corrected chi connectivity index (χ1v) is 12.5. The average Bonchev–Trinajstić information content (AvgIpc) is 3.60. The largest absolute Gasteiger partial charge is 0.486 e. The molecule has 2 saturated heterocycles. The predicted octanol–water partition coefficient (Wildman–Crippen LogP) is 2.23. The van der Waals surface area contributed by atoms with Gasteiger partial charge in [-0.3, -0.25) is 9.59 Å². The molecule has 3 heterocycles. The molecule has 3 aliphatic heterocycles. The van der Waals surface area contributed by atoms with Gasteiger partial charge in [-0.2, -0.15) is 0 Å². The molecule has 2 N–H and O–H groups in total. The number of aliphatic hydroxyl groups excluding tert-OH is 1. The number of hydrogen-bond donors (Lipinski definition) is 2. The number of carbonyl (C=O) groups is 2. The third-order valence-electron chi connectivity index (χ3n) is 7.14. The third-order valence-corrected chi connectivity index (χ3v) is 7.14. The number of fused-ring (bicyclic) bond motifs is 1. The van der Waals surface area contributed by atoms with Crippen molar-refractivity contribution in [3.05, 3.63) is 59.7 Å². The number of hydrogen-bond acceptors (Lipinski definition) is 6. The molecule has 8 nitrogen and oxygen atoms in total. The summed E-state index contributed by atoms with van der Waals surface area (Å²) in [6, 6.07) is 14.1. The molecule has 0 bridgehead atoms. The Hall–Kier alpha value is -3.10. The van der Waals surface area contributed by atoms with Crippen LogP contribution >= 0.6 is 0 Å². The molecule has 2 amide bonds. The summed E-state index contributed by atoms with van der Waals surface area (Å²) in [6.07, 6.45) is 1.97. The van der Waals surface area contributed by atoms with Crippen LogP contribution in [0.3, 0.4) is 0 Å². The first-order valence-electron chi connectivity index (χ1n) is 12.5. The van der Waals surface area contributed by atoms with Crippen LogP contribution in [0.2, 0.25) is 0 Å². The minimum Gasteiger partial charge on any atom is -0.486 e. The van der Waals surface area contributed by atoms with E-state index in [1.54, 1.807) is 23.1 Å². The van der Waals surface area contributed by atoms with Gasteiger partial charge in [0.05, 0.1) is 12.0 Å². The average molecular weight is 480 g/mol. The maximum atomic E-state index is 13.3. The van der Waals surface area contributed by atoms with E-state index in [4.69, 9.17) is 9.47 Å². The van der Waals surface area contributed by atoms with Gasteiger partial charge in [-0.25, -0.2) is 0 Å². The topological polar surface area (TPSA) is 91.3 Å². The smallest absolute Gasteiger partial charge is 0.253 e. The second-order valence-electron chi connectivity index (χ2n) is 9.57. The Kier molecular flexibility index (Phi) is 7.20. The minimum atomic E-state index is -0.890. The highest BCUT2D eigenvalue weighted by atomic mass is 16.6. The SMILES string of the molecule is O=C(N[C@H](CN1CCCC1)[C@H](O)c1ccc2c(c1)OCCO2)[C@@H]1CCN(C(=O)c2ccccc2)C1. The molecule has 0 spiro atoms. The number of amides is 2. The van der Waals surface area contributed by atoms with E-state index in [-0.39, 0.29) is 17.7 Å². The Morgan fingerprint density at radius 2 is 1.74 bits per heavy atom. The Morgan fingerprint density at radius 1 is 1.00 bits per heavy atom. The Labute approximate surface area is 205 Å². The van der Waals surface area contributed by atoms with Crippen LogP contribution in [0, 0.1) is 5.92 Å². The summed E-state index contributed by atoms with van der Waals surface area (Å²) >= 11 is 0. The highest BCUT2D eigenvalue weighted by Gasteiger charge is 2.34. The molecule has 8 heteroatoms. The molecule has 2 aromatic rings. The van der Waals surface area contributed by atoms with Crippen LogP contribution in [0.5, 0.6) is 11.5 Å². The molecular formula is C27H33N3O5. The van der Waals surface area contributed by atoms with Gasteiger partial charge in [-0.05, 0) is 62.2 Å². The lowest BCUT2D eigenvalue weighted by molar-refractivity contribution is -0.126. The molecule has 0 radical (unpaired) electrons. The van der Waals surface area contributed by atoms with Gasteiger partial charge < -0.3 is 29.7 Å². The summed E-state index contributed by atoms with van der Waals surface area (Å²) in [5.74, 6) is 0.822. The number of benzene rings is 2. The zero-order valence-corrected chi connectivity index (χ0v) is 19.9. The van der Waals surface area contributed by atoms with Crippen LogP contribution in [0.15, 0.2) is 48.5 Å². The van der Waals surface area contributed by atoms with E-state index in [0.29, 0.717) is 61.9 Å². The van der Waals surface area contributed by atoms with Gasteiger partial charge in [0.25, 0.3) is 5.91 Å². The van der Waals surface area contributed by atoms with Gasteiger partial charge in [0, 0.05) is 25.2 Å². The van der Waals surface area contributed by atoms with Gasteiger partial charge in [-0.1, -0.05) is 24.3 Å². The molecule has 5 rings (SSSR count). The van der Waals surface area contributed by atoms with E-state index < -0.39 is 12.1 Å². The summed E-state index contributed by atoms with van der Waals surface area (Å²) in [7, 11) is 0. The fourth-order valence-electron chi connectivity index (χ4n) is 5.17. The van der Waals surface area contributed by atoms with Gasteiger partial charge in [0.15, 0.2) is 11.5 Å². The minimum absolute atomic E-state index is 0.0502. The molecule has 0 saturated carbocycles. The molecule has 3 atom stereocenters. The molecule has 2 aromatic carbocycles. The summed E-state index contributed by atoms with van der Waals surface area (Å²) in [4.78, 5) is 30.1. The molecule has 35 heavy (non-hydrogen) atoms. The maximum Gasteiger partial charge on any atom is 0.253 e. The zero-order valence-electron chi connectivity index (χ0n) is 19.9. The second-order valence-corrected chi connectivity index (χ2v) is 9.57. The van der Waals surface area contributed by atoms with Crippen molar-refractivity contribution in [3.8, 4) is 11.5 Å². The van der Waals surface area contributed by atoms with Crippen molar-refractivity contribution in [2.24, 2.45) is 5.92 Å². The standard InChI is InChI=1S/C27H33N3O5/c31-25(20-8-9-23-24(16-20)35-15-14-34-23)22(18-29-11-4-5-12-29)28-26(32)21-10-13-30(17-21)27(33)19-6-2-1-3-7-19/h1-3,6-9,16,21-22,25,31H,4-5,10-15,17-18H2,(H,28,32)/t21-,22-,25-/m1/s1. The van der Waals surface area contributed by atoms with Crippen molar-refractivity contribution in [2.75, 3.05) is 45.9 Å². The summed E-state index contributed by atoms with van der Waals surface area (Å²) in [5, 5.41) is 14.4. The van der Waals surface area contributed by atoms with Crippen LogP contribution in [-0.4, -0.2) is 78.7 Å². The summed E-state index contributed by atoms with van der Waals surface area (Å²) in [6.45, 7) is 4.41. The van der Waals surface area contributed by atoms with Gasteiger partial charge in [0.2, 0.25) is 5.91 Å². The van der Waals surface area contributed by atoms with Gasteiger partial charge in [0.1, 0.15) is 19.3 Å². The Bertz CT molecular complexity index is 1040. The van der Waals surface area contributed by atoms with E-state index in [2.05, 4.69) is 10.2 Å². The van der Waals surface area contributed by atoms with E-state index in [9.17, 15) is 14.7 Å². The number of rotatable bonds is 7. The van der Waals surface area contributed by atoms with E-state index in [1.807, 2.05) is 30.3 Å². The molecule has 186 valence electrons. The first-order chi connectivity index (χ1) is 17.1. The number of carbonyl (C=O) groups excluding carboxylic acids is 2. The maximum absolute atomic E-state index is 13.3. The fourth-order valence-corrected chi connectivity index (χ4v) is 5.17. The van der Waals surface area contributed by atoms with Crippen LogP contribution in [0.25, 0.3) is 0 Å². The molecule has 0 unspecified atom stereocenters. The van der Waals surface area contributed by atoms with Crippen LogP contribution < -0.4 is 14.8 Å². The van der Waals surface area contributed by atoms with E-state index in [1.165, 1.54) is 0 Å². The zero-order chi connectivity index (χ0) is 24.2. The van der Waals surface area contributed by atoms with Crippen molar-refractivity contribution in [2.45, 2.75) is 31.4 Å². The second kappa shape index (κ2) is 10.7. The van der Waals surface area contributed by atoms with Crippen LogP contribution in [0.4, 0.5) is 0 Å². The summed E-state index contributed by atoms with van der Waals surface area (Å²) in [5.41, 5.74) is 1.32. The number of nitrogens with zero attached hydrogens (tertiary/aromatic N) is 2. The van der Waals surface area contributed by atoms with Crippen molar-refractivity contribution in [1.82, 2.24) is 15.1 Å². The molecule has 0 aromatic heterocycles. The van der Waals surface area contributed by atoms with Gasteiger partial charge in [-0.15, -0.1) is 0 Å². The molecule has 0 aliphatic carbocycles. The summed E-state index contributed by atoms with van der Waals surface area (Å²) < 4.78 is 11.3. The highest BCUT2D eigenvalue weighted by molar-refractivity contribution is 5.95. The molecule has 2 fully saturated rings. The van der Waals surface area contributed by atoms with Gasteiger partial charge >= 0.3 is 0 Å². The lowest BCUT2D eigenvalue weighted by Crippen LogP contribution is -2.49. The highest BCUT2D eigenvalue weighted by Crippen LogP contribution is 2.33. The normalized spacial score (nSPS) is 21.5. The molecule has 3 aliphatic rings. The number of nitrogens with one attached hydrogen (secondary N) is 1. The van der Waals surface area contributed by atoms with Crippen LogP contribution in [-0.2, 0) is 4.79 Å². The number of likely N-dealkylation sites (tertiary alicyclic amines) is 2. The number of aliphatic hydroxyl groups is 1.